The summed E-state index contributed by atoms with van der Waals surface area (Å²) in [6, 6.07) is 57.7. The van der Waals surface area contributed by atoms with Crippen LogP contribution in [0.1, 0.15) is 61.1 Å². The van der Waals surface area contributed by atoms with Crippen LogP contribution in [0.3, 0.4) is 0 Å². The molecule has 6 nitrogen and oxygen atoms in total. The summed E-state index contributed by atoms with van der Waals surface area (Å²) in [5.74, 6) is 3.05. The lowest BCUT2D eigenvalue weighted by atomic mass is 9.70. The Morgan fingerprint density at radius 3 is 0.946 bits per heavy atom. The zero-order valence-electron chi connectivity index (χ0n) is 31.6. The van der Waals surface area contributed by atoms with Gasteiger partial charge in [-0.05, 0) is 95.1 Å². The van der Waals surface area contributed by atoms with Crippen molar-refractivity contribution < 1.29 is 9.47 Å². The molecular formula is C50H38N4O2. The van der Waals surface area contributed by atoms with Crippen molar-refractivity contribution in [1.29, 1.82) is 10.5 Å². The summed E-state index contributed by atoms with van der Waals surface area (Å²) in [5, 5.41) is 21.9. The average molecular weight is 727 g/mol. The molecule has 6 heteroatoms. The summed E-state index contributed by atoms with van der Waals surface area (Å²) >= 11 is 0. The largest absolute Gasteiger partial charge is 0.453 e. The first kappa shape index (κ1) is 34.5. The molecule has 0 atom stereocenters. The molecule has 0 saturated heterocycles. The third kappa shape index (κ3) is 5.38. The van der Waals surface area contributed by atoms with Gasteiger partial charge < -0.3 is 19.3 Å². The van der Waals surface area contributed by atoms with Crippen LogP contribution >= 0.6 is 0 Å². The fraction of sp³-hybridized carbons (Fsp3) is 0.120. The minimum atomic E-state index is -0.697. The topological polar surface area (TPSA) is 72.5 Å². The summed E-state index contributed by atoms with van der Waals surface area (Å²) in [6.45, 7) is 8.54. The molecule has 0 spiro atoms. The van der Waals surface area contributed by atoms with E-state index < -0.39 is 10.8 Å². The van der Waals surface area contributed by atoms with E-state index in [4.69, 9.17) is 9.47 Å². The van der Waals surface area contributed by atoms with Gasteiger partial charge in [-0.1, -0.05) is 113 Å². The predicted octanol–water partition coefficient (Wildman–Crippen LogP) is 13.2. The number of anilines is 6. The third-order valence-corrected chi connectivity index (χ3v) is 11.2. The lowest BCUT2D eigenvalue weighted by Crippen LogP contribution is -2.28. The Bertz CT molecular complexity index is 2490. The second-order valence-corrected chi connectivity index (χ2v) is 15.2. The molecule has 7 aromatic carbocycles. The zero-order valence-corrected chi connectivity index (χ0v) is 31.6. The molecular weight excluding hydrogens is 689 g/mol. The molecule has 7 aromatic rings. The number of fused-ring (bicyclic) bond motifs is 4. The second kappa shape index (κ2) is 13.2. The minimum Gasteiger partial charge on any atom is -0.453 e. The van der Waals surface area contributed by atoms with Gasteiger partial charge in [-0.25, -0.2) is 0 Å². The lowest BCUT2D eigenvalue weighted by Gasteiger charge is -2.38. The van der Waals surface area contributed by atoms with E-state index in [2.05, 4.69) is 98.2 Å². The highest BCUT2D eigenvalue weighted by Gasteiger charge is 2.38. The Morgan fingerprint density at radius 2 is 0.643 bits per heavy atom. The lowest BCUT2D eigenvalue weighted by molar-refractivity contribution is 0.476. The smallest absolute Gasteiger partial charge is 0.151 e. The van der Waals surface area contributed by atoms with E-state index in [1.54, 1.807) is 0 Å². The van der Waals surface area contributed by atoms with Gasteiger partial charge in [0.1, 0.15) is 0 Å². The molecule has 0 radical (unpaired) electrons. The monoisotopic (exact) mass is 726 g/mol. The Balaban J connectivity index is 1.18. The molecule has 0 N–H and O–H groups in total. The first-order valence-electron chi connectivity index (χ1n) is 18.7. The Morgan fingerprint density at radius 1 is 0.375 bits per heavy atom. The van der Waals surface area contributed by atoms with E-state index in [0.29, 0.717) is 11.1 Å². The van der Waals surface area contributed by atoms with Crippen LogP contribution in [0.5, 0.6) is 23.0 Å². The van der Waals surface area contributed by atoms with E-state index in [-0.39, 0.29) is 0 Å². The van der Waals surface area contributed by atoms with Gasteiger partial charge >= 0.3 is 0 Å². The van der Waals surface area contributed by atoms with Gasteiger partial charge in [0.25, 0.3) is 0 Å². The van der Waals surface area contributed by atoms with Gasteiger partial charge in [-0.15, -0.1) is 0 Å². The molecule has 2 aliphatic heterocycles. The second-order valence-electron chi connectivity index (χ2n) is 15.2. The van der Waals surface area contributed by atoms with Gasteiger partial charge in [0, 0.05) is 10.8 Å². The Labute approximate surface area is 327 Å². The first-order valence-corrected chi connectivity index (χ1v) is 18.7. The van der Waals surface area contributed by atoms with Crippen LogP contribution < -0.4 is 19.3 Å². The fourth-order valence-electron chi connectivity index (χ4n) is 8.43. The molecule has 2 aliphatic rings. The van der Waals surface area contributed by atoms with Gasteiger partial charge in [0.2, 0.25) is 0 Å². The van der Waals surface area contributed by atoms with Crippen molar-refractivity contribution in [1.82, 2.24) is 0 Å². The van der Waals surface area contributed by atoms with E-state index in [0.717, 1.165) is 79.4 Å². The van der Waals surface area contributed by atoms with Crippen molar-refractivity contribution in [2.24, 2.45) is 0 Å². The van der Waals surface area contributed by atoms with E-state index in [9.17, 15) is 10.5 Å². The molecule has 0 bridgehead atoms. The molecule has 9 rings (SSSR count). The molecule has 270 valence electrons. The standard InChI is InChI=1S/C50H38N4O2/c1-49(2,35-17-5-7-19-39(35)53-41-21-9-13-25-45(41)55-46-26-14-10-22-42(46)53)37-29-34(32-52)38(30-33(37)31-51)50(3,4)36-18-6-8-20-40(36)54-43-23-11-15-27-47(43)56-48-28-16-12-24-44(48)54/h5-30H,1-4H3. The van der Waals surface area contributed by atoms with Crippen molar-refractivity contribution in [2.75, 3.05) is 9.80 Å². The number of hydrogen-bond acceptors (Lipinski definition) is 6. The molecule has 56 heavy (non-hydrogen) atoms. The number of benzene rings is 7. The van der Waals surface area contributed by atoms with Crippen LogP contribution in [0.4, 0.5) is 34.1 Å². The van der Waals surface area contributed by atoms with Gasteiger partial charge in [0.05, 0.1) is 57.4 Å². The van der Waals surface area contributed by atoms with Crippen LogP contribution in [0.2, 0.25) is 0 Å². The van der Waals surface area contributed by atoms with Crippen molar-refractivity contribution in [3.63, 3.8) is 0 Å². The molecule has 2 heterocycles. The van der Waals surface area contributed by atoms with Gasteiger partial charge in [0.15, 0.2) is 23.0 Å². The molecule has 0 aromatic heterocycles. The summed E-state index contributed by atoms with van der Waals surface area (Å²) in [7, 11) is 0. The van der Waals surface area contributed by atoms with Crippen molar-refractivity contribution in [2.45, 2.75) is 38.5 Å². The van der Waals surface area contributed by atoms with Gasteiger partial charge in [-0.2, -0.15) is 10.5 Å². The van der Waals surface area contributed by atoms with Crippen molar-refractivity contribution in [3.05, 3.63) is 191 Å². The fourth-order valence-corrected chi connectivity index (χ4v) is 8.43. The minimum absolute atomic E-state index is 0.522. The number of nitriles is 2. The van der Waals surface area contributed by atoms with Crippen LogP contribution in [0.15, 0.2) is 158 Å². The number of nitrogens with zero attached hydrogens (tertiary/aromatic N) is 4. The summed E-state index contributed by atoms with van der Waals surface area (Å²) < 4.78 is 12.7. The van der Waals surface area contributed by atoms with Crippen LogP contribution in [-0.4, -0.2) is 0 Å². The molecule has 0 saturated carbocycles. The normalized spacial score (nSPS) is 12.8. The molecule has 0 unspecified atom stereocenters. The maximum atomic E-state index is 10.9. The predicted molar refractivity (Wildman–Crippen MR) is 223 cm³/mol. The Hall–Kier alpha value is -7.28. The first-order chi connectivity index (χ1) is 27.2. The van der Waals surface area contributed by atoms with Crippen LogP contribution in [0.25, 0.3) is 0 Å². The molecule has 0 amide bonds. The van der Waals surface area contributed by atoms with Gasteiger partial charge in [-0.3, -0.25) is 0 Å². The van der Waals surface area contributed by atoms with E-state index >= 15 is 0 Å². The number of ether oxygens (including phenoxy) is 2. The zero-order chi connectivity index (χ0) is 38.6. The number of hydrogen-bond donors (Lipinski definition) is 0. The maximum absolute atomic E-state index is 10.9. The maximum Gasteiger partial charge on any atom is 0.151 e. The highest BCUT2D eigenvalue weighted by molar-refractivity contribution is 5.89. The quantitative estimate of drug-likeness (QED) is 0.170. The number of para-hydroxylation sites is 10. The van der Waals surface area contributed by atoms with Crippen molar-refractivity contribution >= 4 is 34.1 Å². The summed E-state index contributed by atoms with van der Waals surface area (Å²) in [6.07, 6.45) is 0. The highest BCUT2D eigenvalue weighted by Crippen LogP contribution is 2.55. The molecule has 0 aliphatic carbocycles. The number of rotatable bonds is 6. The van der Waals surface area contributed by atoms with Crippen LogP contribution in [-0.2, 0) is 10.8 Å². The summed E-state index contributed by atoms with van der Waals surface area (Å²) in [4.78, 5) is 4.47. The highest BCUT2D eigenvalue weighted by atomic mass is 16.5. The molecule has 0 fully saturated rings. The average Bonchev–Trinajstić information content (AvgIpc) is 3.24. The van der Waals surface area contributed by atoms with E-state index in [1.165, 1.54) is 0 Å². The third-order valence-electron chi connectivity index (χ3n) is 11.2. The van der Waals surface area contributed by atoms with Crippen LogP contribution in [0, 0.1) is 22.7 Å². The summed E-state index contributed by atoms with van der Waals surface area (Å²) in [5.41, 5.74) is 8.86. The Kier molecular flexibility index (Phi) is 8.15. The van der Waals surface area contributed by atoms with E-state index in [1.807, 2.05) is 109 Å². The SMILES string of the molecule is CC(C)(c1cc(C#N)c(C(C)(C)c2ccccc2N2c3ccccc3Oc3ccccc32)cc1C#N)c1ccccc1N1c2ccccc2Oc2ccccc21. The van der Waals surface area contributed by atoms with Crippen molar-refractivity contribution in [3.8, 4) is 35.1 Å².